The Kier molecular flexibility index (Phi) is 5.04. The standard InChI is InChI=1S/C11H11ClN2O4/c12-2-1-10(15)11(16)8-3-7(6-13)4-9(5-8)14(17)18/h3-5,10-11,15-16H,1-2H2. The van der Waals surface area contributed by atoms with E-state index in [1.807, 2.05) is 0 Å². The van der Waals surface area contributed by atoms with Gasteiger partial charge in [-0.25, -0.2) is 0 Å². The van der Waals surface area contributed by atoms with E-state index >= 15 is 0 Å². The van der Waals surface area contributed by atoms with E-state index in [1.165, 1.54) is 6.07 Å². The lowest BCUT2D eigenvalue weighted by Gasteiger charge is -2.17. The van der Waals surface area contributed by atoms with Crippen LogP contribution in [0.2, 0.25) is 0 Å². The molecule has 0 saturated carbocycles. The van der Waals surface area contributed by atoms with Crippen LogP contribution in [-0.4, -0.2) is 27.1 Å². The van der Waals surface area contributed by atoms with Crippen LogP contribution in [-0.2, 0) is 0 Å². The van der Waals surface area contributed by atoms with Crippen molar-refractivity contribution in [1.29, 1.82) is 5.26 Å². The Hall–Kier alpha value is -1.68. The Morgan fingerprint density at radius 3 is 2.61 bits per heavy atom. The van der Waals surface area contributed by atoms with Crippen LogP contribution >= 0.6 is 11.6 Å². The molecule has 0 heterocycles. The number of nitriles is 1. The third-order valence-corrected chi connectivity index (χ3v) is 2.61. The molecule has 1 aromatic carbocycles. The van der Waals surface area contributed by atoms with E-state index < -0.39 is 17.1 Å². The second-order valence-electron chi connectivity index (χ2n) is 3.67. The number of benzene rings is 1. The first-order chi connectivity index (χ1) is 8.49. The Bertz CT molecular complexity index is 486. The Labute approximate surface area is 108 Å². The third kappa shape index (κ3) is 3.40. The minimum absolute atomic E-state index is 0.0522. The maximum Gasteiger partial charge on any atom is 0.271 e. The summed E-state index contributed by atoms with van der Waals surface area (Å²) < 4.78 is 0. The van der Waals surface area contributed by atoms with Crippen molar-refractivity contribution < 1.29 is 15.1 Å². The van der Waals surface area contributed by atoms with Crippen LogP contribution in [0.3, 0.4) is 0 Å². The Morgan fingerprint density at radius 2 is 2.11 bits per heavy atom. The minimum atomic E-state index is -1.31. The zero-order valence-corrected chi connectivity index (χ0v) is 10.0. The SMILES string of the molecule is N#Cc1cc(C(O)C(O)CCCl)cc([N+](=O)[O-])c1. The number of aliphatic hydroxyl groups is 2. The van der Waals surface area contributed by atoms with Gasteiger partial charge in [0.05, 0.1) is 22.7 Å². The van der Waals surface area contributed by atoms with Gasteiger partial charge in [0, 0.05) is 18.0 Å². The minimum Gasteiger partial charge on any atom is -0.390 e. The van der Waals surface area contributed by atoms with Crippen molar-refractivity contribution in [3.05, 3.63) is 39.4 Å². The predicted molar refractivity (Wildman–Crippen MR) is 64.1 cm³/mol. The van der Waals surface area contributed by atoms with Crippen LogP contribution in [0.5, 0.6) is 0 Å². The molecule has 0 bridgehead atoms. The van der Waals surface area contributed by atoms with Gasteiger partial charge in [-0.1, -0.05) is 0 Å². The lowest BCUT2D eigenvalue weighted by molar-refractivity contribution is -0.385. The molecule has 96 valence electrons. The molecule has 1 rings (SSSR count). The normalized spacial score (nSPS) is 13.7. The average Bonchev–Trinajstić information content (AvgIpc) is 2.37. The number of alkyl halides is 1. The zero-order valence-electron chi connectivity index (χ0n) is 9.28. The zero-order chi connectivity index (χ0) is 13.7. The number of aliphatic hydroxyl groups excluding tert-OH is 2. The van der Waals surface area contributed by atoms with Crippen LogP contribution in [0.25, 0.3) is 0 Å². The molecule has 0 aromatic heterocycles. The Morgan fingerprint density at radius 1 is 1.44 bits per heavy atom. The van der Waals surface area contributed by atoms with Gasteiger partial charge in [-0.2, -0.15) is 5.26 Å². The summed E-state index contributed by atoms with van der Waals surface area (Å²) in [6, 6.07) is 5.30. The summed E-state index contributed by atoms with van der Waals surface area (Å²) in [5.74, 6) is 0.151. The second kappa shape index (κ2) is 6.31. The molecule has 7 heteroatoms. The fourth-order valence-electron chi connectivity index (χ4n) is 1.47. The summed E-state index contributed by atoms with van der Waals surface area (Å²) >= 11 is 5.44. The first-order valence-electron chi connectivity index (χ1n) is 5.11. The van der Waals surface area contributed by atoms with Crippen molar-refractivity contribution in [2.75, 3.05) is 5.88 Å². The number of hydrogen-bond donors (Lipinski definition) is 2. The lowest BCUT2D eigenvalue weighted by atomic mass is 10.00. The van der Waals surface area contributed by atoms with Crippen molar-refractivity contribution in [2.24, 2.45) is 0 Å². The highest BCUT2D eigenvalue weighted by Gasteiger charge is 2.21. The number of nitrogens with zero attached hydrogens (tertiary/aromatic N) is 2. The van der Waals surface area contributed by atoms with E-state index in [-0.39, 0.29) is 29.1 Å². The monoisotopic (exact) mass is 270 g/mol. The fraction of sp³-hybridized carbons (Fsp3) is 0.364. The third-order valence-electron chi connectivity index (χ3n) is 2.39. The van der Waals surface area contributed by atoms with Crippen molar-refractivity contribution >= 4 is 17.3 Å². The first kappa shape index (κ1) is 14.4. The predicted octanol–water partition coefficient (Wildman–Crippen LogP) is 1.49. The van der Waals surface area contributed by atoms with E-state index in [2.05, 4.69) is 0 Å². The van der Waals surface area contributed by atoms with Gasteiger partial charge >= 0.3 is 0 Å². The van der Waals surface area contributed by atoms with Gasteiger partial charge in [-0.15, -0.1) is 11.6 Å². The van der Waals surface area contributed by atoms with Crippen LogP contribution in [0.15, 0.2) is 18.2 Å². The fourth-order valence-corrected chi connectivity index (χ4v) is 1.69. The molecule has 0 amide bonds. The van der Waals surface area contributed by atoms with Gasteiger partial charge in [0.1, 0.15) is 6.10 Å². The average molecular weight is 271 g/mol. The summed E-state index contributed by atoms with van der Waals surface area (Å²) in [4.78, 5) is 10.0. The molecule has 2 unspecified atom stereocenters. The number of non-ortho nitro benzene ring substituents is 1. The second-order valence-corrected chi connectivity index (χ2v) is 4.05. The van der Waals surface area contributed by atoms with E-state index in [9.17, 15) is 20.3 Å². The molecule has 0 saturated heterocycles. The number of hydrogen-bond acceptors (Lipinski definition) is 5. The topological polar surface area (TPSA) is 107 Å². The highest BCUT2D eigenvalue weighted by atomic mass is 35.5. The summed E-state index contributed by atoms with van der Waals surface area (Å²) in [6.07, 6.45) is -2.29. The first-order valence-corrected chi connectivity index (χ1v) is 5.64. The molecular formula is C11H11ClN2O4. The van der Waals surface area contributed by atoms with Crippen molar-refractivity contribution in [3.8, 4) is 6.07 Å². The number of halogens is 1. The van der Waals surface area contributed by atoms with Gasteiger partial charge in [-0.05, 0) is 18.1 Å². The smallest absolute Gasteiger partial charge is 0.271 e. The summed E-state index contributed by atoms with van der Waals surface area (Å²) in [7, 11) is 0. The van der Waals surface area contributed by atoms with Gasteiger partial charge in [-0.3, -0.25) is 10.1 Å². The number of rotatable bonds is 5. The summed E-state index contributed by atoms with van der Waals surface area (Å²) in [5.41, 5.74) is -0.129. The molecule has 2 N–H and O–H groups in total. The molecule has 0 fully saturated rings. The highest BCUT2D eigenvalue weighted by molar-refractivity contribution is 6.17. The van der Waals surface area contributed by atoms with Gasteiger partial charge in [0.15, 0.2) is 0 Å². The molecule has 0 aliphatic heterocycles. The molecule has 0 aliphatic carbocycles. The van der Waals surface area contributed by atoms with Crippen molar-refractivity contribution in [3.63, 3.8) is 0 Å². The molecule has 1 aromatic rings. The van der Waals surface area contributed by atoms with E-state index in [4.69, 9.17) is 16.9 Å². The van der Waals surface area contributed by atoms with Crippen molar-refractivity contribution in [2.45, 2.75) is 18.6 Å². The molecule has 0 spiro atoms. The molecule has 0 aliphatic rings. The van der Waals surface area contributed by atoms with Crippen LogP contribution in [0.1, 0.15) is 23.7 Å². The quantitative estimate of drug-likeness (QED) is 0.479. The molecule has 6 nitrogen and oxygen atoms in total. The summed E-state index contributed by atoms with van der Waals surface area (Å²) in [6.45, 7) is 0. The van der Waals surface area contributed by atoms with Gasteiger partial charge in [0.2, 0.25) is 0 Å². The molecule has 0 radical (unpaired) electrons. The van der Waals surface area contributed by atoms with Gasteiger partial charge in [0.25, 0.3) is 5.69 Å². The van der Waals surface area contributed by atoms with Crippen LogP contribution < -0.4 is 0 Å². The van der Waals surface area contributed by atoms with Gasteiger partial charge < -0.3 is 10.2 Å². The van der Waals surface area contributed by atoms with Crippen LogP contribution in [0, 0.1) is 21.4 Å². The molecule has 2 atom stereocenters. The molecular weight excluding hydrogens is 260 g/mol. The van der Waals surface area contributed by atoms with Crippen LogP contribution in [0.4, 0.5) is 5.69 Å². The highest BCUT2D eigenvalue weighted by Crippen LogP contribution is 2.25. The van der Waals surface area contributed by atoms with E-state index in [0.29, 0.717) is 0 Å². The summed E-state index contributed by atoms with van der Waals surface area (Å²) in [5, 5.41) is 38.8. The maximum absolute atomic E-state index is 10.7. The Balaban J connectivity index is 3.12. The molecule has 18 heavy (non-hydrogen) atoms. The maximum atomic E-state index is 10.7. The van der Waals surface area contributed by atoms with Crippen molar-refractivity contribution in [1.82, 2.24) is 0 Å². The largest absolute Gasteiger partial charge is 0.390 e. The van der Waals surface area contributed by atoms with E-state index in [0.717, 1.165) is 12.1 Å². The van der Waals surface area contributed by atoms with E-state index in [1.54, 1.807) is 6.07 Å². The lowest BCUT2D eigenvalue weighted by Crippen LogP contribution is -2.18. The number of nitro benzene ring substituents is 1. The number of nitro groups is 1.